The van der Waals surface area contributed by atoms with Gasteiger partial charge < -0.3 is 5.73 Å². The van der Waals surface area contributed by atoms with Crippen molar-refractivity contribution in [3.8, 4) is 5.13 Å². The SMILES string of the molecule is CC(C)(C)Cc1nn(-c2nc3ccccc3s2)c(N)c1Cl. The van der Waals surface area contributed by atoms with E-state index in [1.54, 1.807) is 16.0 Å². The number of aromatic nitrogens is 3. The smallest absolute Gasteiger partial charge is 0.213 e. The van der Waals surface area contributed by atoms with Crippen molar-refractivity contribution in [3.05, 3.63) is 35.0 Å². The molecule has 0 amide bonds. The van der Waals surface area contributed by atoms with Gasteiger partial charge in [0.15, 0.2) is 0 Å². The van der Waals surface area contributed by atoms with Crippen molar-refractivity contribution in [2.24, 2.45) is 5.41 Å². The predicted molar refractivity (Wildman–Crippen MR) is 89.3 cm³/mol. The van der Waals surface area contributed by atoms with Crippen LogP contribution in [0.1, 0.15) is 26.5 Å². The first-order valence-electron chi connectivity index (χ1n) is 6.74. The molecule has 3 rings (SSSR count). The molecular formula is C15H17ClN4S. The molecule has 110 valence electrons. The van der Waals surface area contributed by atoms with Gasteiger partial charge in [0, 0.05) is 0 Å². The Morgan fingerprint density at radius 3 is 2.67 bits per heavy atom. The Morgan fingerprint density at radius 1 is 1.29 bits per heavy atom. The van der Waals surface area contributed by atoms with E-state index in [0.29, 0.717) is 10.8 Å². The zero-order valence-corrected chi connectivity index (χ0v) is 13.8. The molecule has 0 atom stereocenters. The molecule has 2 aromatic heterocycles. The molecule has 0 radical (unpaired) electrons. The highest BCUT2D eigenvalue weighted by Gasteiger charge is 2.21. The Morgan fingerprint density at radius 2 is 2.00 bits per heavy atom. The normalized spacial score (nSPS) is 12.2. The summed E-state index contributed by atoms with van der Waals surface area (Å²) in [6.07, 6.45) is 0.772. The Balaban J connectivity index is 2.08. The molecule has 0 bridgehead atoms. The van der Waals surface area contributed by atoms with E-state index < -0.39 is 0 Å². The van der Waals surface area contributed by atoms with Crippen molar-refractivity contribution in [2.75, 3.05) is 5.73 Å². The number of nitrogen functional groups attached to an aromatic ring is 1. The van der Waals surface area contributed by atoms with E-state index in [9.17, 15) is 0 Å². The van der Waals surface area contributed by atoms with Gasteiger partial charge in [0.1, 0.15) is 10.8 Å². The lowest BCUT2D eigenvalue weighted by atomic mass is 9.91. The first kappa shape index (κ1) is 14.4. The molecule has 3 aromatic rings. The molecule has 0 aliphatic carbocycles. The molecule has 2 N–H and O–H groups in total. The summed E-state index contributed by atoms with van der Waals surface area (Å²) >= 11 is 7.89. The number of hydrogen-bond donors (Lipinski definition) is 1. The summed E-state index contributed by atoms with van der Waals surface area (Å²) in [7, 11) is 0. The molecule has 0 aliphatic rings. The number of fused-ring (bicyclic) bond motifs is 1. The van der Waals surface area contributed by atoms with Crippen LogP contribution in [-0.4, -0.2) is 14.8 Å². The maximum absolute atomic E-state index is 6.34. The average molecular weight is 321 g/mol. The lowest BCUT2D eigenvalue weighted by Gasteiger charge is -2.16. The quantitative estimate of drug-likeness (QED) is 0.765. The number of anilines is 1. The van der Waals surface area contributed by atoms with Crippen molar-refractivity contribution < 1.29 is 0 Å². The van der Waals surface area contributed by atoms with Crippen molar-refractivity contribution in [1.29, 1.82) is 0 Å². The number of thiazole rings is 1. The van der Waals surface area contributed by atoms with E-state index in [2.05, 4.69) is 30.9 Å². The van der Waals surface area contributed by atoms with E-state index in [-0.39, 0.29) is 5.41 Å². The minimum Gasteiger partial charge on any atom is -0.382 e. The summed E-state index contributed by atoms with van der Waals surface area (Å²) in [4.78, 5) is 4.58. The van der Waals surface area contributed by atoms with Crippen LogP contribution in [0.25, 0.3) is 15.3 Å². The molecule has 2 heterocycles. The van der Waals surface area contributed by atoms with Crippen LogP contribution in [0.5, 0.6) is 0 Å². The maximum Gasteiger partial charge on any atom is 0.213 e. The molecule has 0 aliphatic heterocycles. The molecule has 4 nitrogen and oxygen atoms in total. The van der Waals surface area contributed by atoms with E-state index in [0.717, 1.165) is 27.5 Å². The monoisotopic (exact) mass is 320 g/mol. The highest BCUT2D eigenvalue weighted by molar-refractivity contribution is 7.20. The topological polar surface area (TPSA) is 56.7 Å². The maximum atomic E-state index is 6.34. The van der Waals surface area contributed by atoms with E-state index in [1.165, 1.54) is 0 Å². The van der Waals surface area contributed by atoms with Crippen molar-refractivity contribution in [1.82, 2.24) is 14.8 Å². The number of halogens is 1. The second-order valence-corrected chi connectivity index (χ2v) is 7.65. The molecule has 21 heavy (non-hydrogen) atoms. The fourth-order valence-corrected chi connectivity index (χ4v) is 3.29. The van der Waals surface area contributed by atoms with Crippen LogP contribution >= 0.6 is 22.9 Å². The Bertz CT molecular complexity index is 765. The predicted octanol–water partition coefficient (Wildman–Crippen LogP) is 4.31. The highest BCUT2D eigenvalue weighted by atomic mass is 35.5. The number of nitrogens with two attached hydrogens (primary N) is 1. The third-order valence-electron chi connectivity index (χ3n) is 3.09. The minimum absolute atomic E-state index is 0.100. The summed E-state index contributed by atoms with van der Waals surface area (Å²) < 4.78 is 2.75. The summed E-state index contributed by atoms with van der Waals surface area (Å²) in [6.45, 7) is 6.45. The molecule has 6 heteroatoms. The number of hydrogen-bond acceptors (Lipinski definition) is 4. The molecule has 0 fully saturated rings. The average Bonchev–Trinajstić information content (AvgIpc) is 2.93. The summed E-state index contributed by atoms with van der Waals surface area (Å²) in [5.74, 6) is 0.454. The molecule has 0 saturated carbocycles. The second kappa shape index (κ2) is 5.00. The first-order valence-corrected chi connectivity index (χ1v) is 7.93. The lowest BCUT2D eigenvalue weighted by Crippen LogP contribution is -2.10. The van der Waals surface area contributed by atoms with Crippen LogP contribution in [0, 0.1) is 5.41 Å². The Hall–Kier alpha value is -1.59. The van der Waals surface area contributed by atoms with Gasteiger partial charge in [0.05, 0.1) is 15.9 Å². The molecule has 1 aromatic carbocycles. The number of rotatable bonds is 2. The van der Waals surface area contributed by atoms with E-state index in [4.69, 9.17) is 17.3 Å². The van der Waals surface area contributed by atoms with Gasteiger partial charge in [-0.05, 0) is 24.0 Å². The fraction of sp³-hybridized carbons (Fsp3) is 0.333. The minimum atomic E-state index is 0.100. The van der Waals surface area contributed by atoms with Gasteiger partial charge >= 0.3 is 0 Å². The van der Waals surface area contributed by atoms with Gasteiger partial charge in [-0.15, -0.1) is 0 Å². The summed E-state index contributed by atoms with van der Waals surface area (Å²) in [5, 5.41) is 5.85. The fourth-order valence-electron chi connectivity index (χ4n) is 2.17. The Kier molecular flexibility index (Phi) is 3.42. The van der Waals surface area contributed by atoms with Gasteiger partial charge in [-0.2, -0.15) is 9.78 Å². The summed E-state index contributed by atoms with van der Waals surface area (Å²) in [5.41, 5.74) is 7.98. The van der Waals surface area contributed by atoms with Crippen LogP contribution in [-0.2, 0) is 6.42 Å². The van der Waals surface area contributed by atoms with Crippen LogP contribution in [0.3, 0.4) is 0 Å². The first-order chi connectivity index (χ1) is 9.85. The van der Waals surface area contributed by atoms with Gasteiger partial charge in [0.25, 0.3) is 0 Å². The number of benzene rings is 1. The standard InChI is InChI=1S/C15H17ClN4S/c1-15(2,3)8-10-12(16)13(17)20(19-10)14-18-9-6-4-5-7-11(9)21-14/h4-7H,8,17H2,1-3H3. The third-order valence-corrected chi connectivity index (χ3v) is 4.51. The zero-order valence-electron chi connectivity index (χ0n) is 12.2. The molecular weight excluding hydrogens is 304 g/mol. The highest BCUT2D eigenvalue weighted by Crippen LogP contribution is 2.33. The van der Waals surface area contributed by atoms with E-state index in [1.807, 2.05) is 24.3 Å². The van der Waals surface area contributed by atoms with Gasteiger partial charge in [-0.25, -0.2) is 4.98 Å². The lowest BCUT2D eigenvalue weighted by molar-refractivity contribution is 0.405. The molecule has 0 unspecified atom stereocenters. The number of nitrogens with zero attached hydrogens (tertiary/aromatic N) is 3. The van der Waals surface area contributed by atoms with Gasteiger partial charge in [0.2, 0.25) is 5.13 Å². The zero-order chi connectivity index (χ0) is 15.2. The van der Waals surface area contributed by atoms with Crippen LogP contribution in [0.4, 0.5) is 5.82 Å². The summed E-state index contributed by atoms with van der Waals surface area (Å²) in [6, 6.07) is 7.98. The van der Waals surface area contributed by atoms with Gasteiger partial charge in [-0.3, -0.25) is 0 Å². The third kappa shape index (κ3) is 2.76. The van der Waals surface area contributed by atoms with Crippen molar-refractivity contribution in [3.63, 3.8) is 0 Å². The van der Waals surface area contributed by atoms with Crippen LogP contribution in [0.2, 0.25) is 5.02 Å². The van der Waals surface area contributed by atoms with Crippen molar-refractivity contribution in [2.45, 2.75) is 27.2 Å². The molecule has 0 spiro atoms. The van der Waals surface area contributed by atoms with Crippen molar-refractivity contribution >= 4 is 39.0 Å². The second-order valence-electron chi connectivity index (χ2n) is 6.26. The Labute approximate surface area is 132 Å². The van der Waals surface area contributed by atoms with Crippen LogP contribution in [0.15, 0.2) is 24.3 Å². The molecule has 0 saturated heterocycles. The van der Waals surface area contributed by atoms with E-state index >= 15 is 0 Å². The largest absolute Gasteiger partial charge is 0.382 e. The number of para-hydroxylation sites is 1. The van der Waals surface area contributed by atoms with Crippen LogP contribution < -0.4 is 5.73 Å². The van der Waals surface area contributed by atoms with Gasteiger partial charge in [-0.1, -0.05) is 55.8 Å².